The van der Waals surface area contributed by atoms with E-state index >= 15 is 0 Å². The molecule has 29 heavy (non-hydrogen) atoms. The van der Waals surface area contributed by atoms with Crippen LogP contribution in [-0.4, -0.2) is 48.2 Å². The highest BCUT2D eigenvalue weighted by Crippen LogP contribution is 2.23. The van der Waals surface area contributed by atoms with Crippen LogP contribution in [0.4, 0.5) is 0 Å². The summed E-state index contributed by atoms with van der Waals surface area (Å²) in [4.78, 5) is 4.71. The van der Waals surface area contributed by atoms with Gasteiger partial charge in [-0.3, -0.25) is 4.48 Å². The minimum absolute atomic E-state index is 0.273. The summed E-state index contributed by atoms with van der Waals surface area (Å²) in [5, 5.41) is 9.38. The molecule has 0 aliphatic carbocycles. The van der Waals surface area contributed by atoms with Crippen molar-refractivity contribution in [2.45, 2.75) is 123 Å². The van der Waals surface area contributed by atoms with Crippen LogP contribution in [0.15, 0.2) is 17.1 Å². The van der Waals surface area contributed by atoms with Crippen molar-refractivity contribution in [1.29, 1.82) is 0 Å². The van der Waals surface area contributed by atoms with E-state index in [4.69, 9.17) is 4.99 Å². The van der Waals surface area contributed by atoms with Gasteiger partial charge in [-0.1, -0.05) is 83.3 Å². The standard InChI is InChI=1S/C26H51N2O/c1-3-5-6-7-8-9-10-11-12-13-14-15-16-17-18-19-20-21-26-27-22-23-28(26,4-2)24-25-29/h16-17,22,26,29H,3-15,18-21,23-25H2,1-2H3/q+1/b17-16+. The van der Waals surface area contributed by atoms with Crippen LogP contribution in [0.3, 0.4) is 0 Å². The summed E-state index contributed by atoms with van der Waals surface area (Å²) < 4.78 is 0.963. The van der Waals surface area contributed by atoms with Crippen LogP contribution in [0.2, 0.25) is 0 Å². The molecule has 2 atom stereocenters. The van der Waals surface area contributed by atoms with Gasteiger partial charge in [0.2, 0.25) is 0 Å². The Morgan fingerprint density at radius 3 is 1.93 bits per heavy atom. The number of allylic oxidation sites excluding steroid dienone is 2. The molecule has 0 bridgehead atoms. The summed E-state index contributed by atoms with van der Waals surface area (Å²) in [6.07, 6.45) is 29.1. The van der Waals surface area contributed by atoms with Crippen molar-refractivity contribution in [1.82, 2.24) is 0 Å². The number of hydrogen-bond acceptors (Lipinski definition) is 2. The van der Waals surface area contributed by atoms with Crippen LogP contribution < -0.4 is 0 Å². The third kappa shape index (κ3) is 11.9. The van der Waals surface area contributed by atoms with Crippen molar-refractivity contribution in [2.24, 2.45) is 4.99 Å². The van der Waals surface area contributed by atoms with Gasteiger partial charge in [-0.2, -0.15) is 0 Å². The molecule has 3 nitrogen and oxygen atoms in total. The lowest BCUT2D eigenvalue weighted by Crippen LogP contribution is -2.53. The molecule has 1 rings (SSSR count). The molecule has 0 fully saturated rings. The number of likely N-dealkylation sites (N-methyl/N-ethyl adjacent to an activating group) is 1. The second kappa shape index (κ2) is 18.1. The number of hydrogen-bond donors (Lipinski definition) is 1. The van der Waals surface area contributed by atoms with E-state index in [0.29, 0.717) is 6.17 Å². The van der Waals surface area contributed by atoms with Crippen LogP contribution in [0.5, 0.6) is 0 Å². The fourth-order valence-electron chi connectivity index (χ4n) is 4.63. The monoisotopic (exact) mass is 407 g/mol. The summed E-state index contributed by atoms with van der Waals surface area (Å²) in [5.74, 6) is 0. The van der Waals surface area contributed by atoms with E-state index in [2.05, 4.69) is 32.2 Å². The van der Waals surface area contributed by atoms with Gasteiger partial charge >= 0.3 is 0 Å². The first-order chi connectivity index (χ1) is 14.3. The first kappa shape index (κ1) is 26.4. The molecule has 1 heterocycles. The van der Waals surface area contributed by atoms with E-state index in [1.807, 2.05) is 0 Å². The van der Waals surface area contributed by atoms with Crippen molar-refractivity contribution < 1.29 is 9.59 Å². The smallest absolute Gasteiger partial charge is 0.182 e. The molecule has 0 aromatic carbocycles. The molecule has 0 spiro atoms. The lowest BCUT2D eigenvalue weighted by atomic mass is 10.1. The molecule has 1 aliphatic rings. The van der Waals surface area contributed by atoms with Crippen LogP contribution in [0.1, 0.15) is 117 Å². The predicted molar refractivity (Wildman–Crippen MR) is 129 cm³/mol. The molecule has 2 unspecified atom stereocenters. The van der Waals surface area contributed by atoms with Gasteiger partial charge in [0, 0.05) is 6.42 Å². The number of unbranched alkanes of at least 4 members (excludes halogenated alkanes) is 13. The van der Waals surface area contributed by atoms with E-state index in [0.717, 1.165) is 30.5 Å². The minimum Gasteiger partial charge on any atom is -0.391 e. The SMILES string of the molecule is CCCCCCCCCCCCC/C=C/CCCCC1N=CC[N+]1(CC)CCO. The average molecular weight is 408 g/mol. The lowest BCUT2D eigenvalue weighted by molar-refractivity contribution is -0.936. The Balaban J connectivity index is 1.89. The molecule has 0 saturated carbocycles. The molecule has 0 amide bonds. The molecule has 1 N–H and O–H groups in total. The summed E-state index contributed by atoms with van der Waals surface area (Å²) >= 11 is 0. The van der Waals surface area contributed by atoms with E-state index < -0.39 is 0 Å². The maximum atomic E-state index is 9.38. The molecular weight excluding hydrogens is 356 g/mol. The Morgan fingerprint density at radius 2 is 1.38 bits per heavy atom. The first-order valence-corrected chi connectivity index (χ1v) is 12.9. The van der Waals surface area contributed by atoms with Gasteiger partial charge in [-0.05, 0) is 39.0 Å². The zero-order valence-electron chi connectivity index (χ0n) is 19.8. The van der Waals surface area contributed by atoms with Gasteiger partial charge in [0.25, 0.3) is 0 Å². The summed E-state index contributed by atoms with van der Waals surface area (Å²) in [6, 6.07) is 0. The van der Waals surface area contributed by atoms with Gasteiger partial charge < -0.3 is 5.11 Å². The van der Waals surface area contributed by atoms with Gasteiger partial charge in [-0.25, -0.2) is 4.99 Å². The lowest BCUT2D eigenvalue weighted by Gasteiger charge is -2.37. The number of aliphatic hydroxyl groups is 1. The molecule has 3 heteroatoms. The normalized spacial score (nSPS) is 21.6. The Hall–Kier alpha value is -0.670. The number of aliphatic hydroxyl groups excluding tert-OH is 1. The number of quaternary nitrogens is 1. The van der Waals surface area contributed by atoms with Gasteiger partial charge in [0.15, 0.2) is 6.17 Å². The molecule has 170 valence electrons. The average Bonchev–Trinajstić information content (AvgIpc) is 3.13. The van der Waals surface area contributed by atoms with Gasteiger partial charge in [0.1, 0.15) is 13.1 Å². The molecule has 1 aliphatic heterocycles. The van der Waals surface area contributed by atoms with Crippen LogP contribution in [0.25, 0.3) is 0 Å². The van der Waals surface area contributed by atoms with Crippen LogP contribution >= 0.6 is 0 Å². The van der Waals surface area contributed by atoms with Crippen molar-refractivity contribution in [3.63, 3.8) is 0 Å². The fraction of sp³-hybridized carbons (Fsp3) is 0.885. The largest absolute Gasteiger partial charge is 0.391 e. The third-order valence-corrected chi connectivity index (χ3v) is 6.75. The Kier molecular flexibility index (Phi) is 16.5. The second-order valence-electron chi connectivity index (χ2n) is 9.06. The van der Waals surface area contributed by atoms with Gasteiger partial charge in [-0.15, -0.1) is 0 Å². The molecule has 0 saturated heterocycles. The molecular formula is C26H51N2O+. The Morgan fingerprint density at radius 1 is 0.828 bits per heavy atom. The first-order valence-electron chi connectivity index (χ1n) is 12.9. The highest BCUT2D eigenvalue weighted by atomic mass is 16.3. The van der Waals surface area contributed by atoms with Crippen LogP contribution in [-0.2, 0) is 0 Å². The molecule has 0 radical (unpaired) electrons. The fourth-order valence-corrected chi connectivity index (χ4v) is 4.63. The highest BCUT2D eigenvalue weighted by Gasteiger charge is 2.36. The second-order valence-corrected chi connectivity index (χ2v) is 9.06. The number of aliphatic imine (C=N–C) groups is 1. The maximum Gasteiger partial charge on any atom is 0.182 e. The summed E-state index contributed by atoms with van der Waals surface area (Å²) in [7, 11) is 0. The maximum absolute atomic E-state index is 9.38. The molecule has 0 aromatic rings. The zero-order valence-corrected chi connectivity index (χ0v) is 19.8. The predicted octanol–water partition coefficient (Wildman–Crippen LogP) is 7.04. The van der Waals surface area contributed by atoms with E-state index in [-0.39, 0.29) is 6.61 Å². The topological polar surface area (TPSA) is 32.6 Å². The zero-order chi connectivity index (χ0) is 21.0. The summed E-state index contributed by atoms with van der Waals surface area (Å²) in [6.45, 7) is 7.72. The number of nitrogens with zero attached hydrogens (tertiary/aromatic N) is 2. The van der Waals surface area contributed by atoms with Crippen molar-refractivity contribution >= 4 is 6.21 Å². The number of rotatable bonds is 20. The van der Waals surface area contributed by atoms with Crippen molar-refractivity contribution in [3.8, 4) is 0 Å². The van der Waals surface area contributed by atoms with Gasteiger partial charge in [0.05, 0.1) is 19.4 Å². The van der Waals surface area contributed by atoms with Crippen molar-refractivity contribution in [3.05, 3.63) is 12.2 Å². The van der Waals surface area contributed by atoms with Crippen LogP contribution in [0, 0.1) is 0 Å². The Labute approximate surface area is 182 Å². The molecule has 0 aromatic heterocycles. The minimum atomic E-state index is 0.273. The van der Waals surface area contributed by atoms with E-state index in [1.165, 1.54) is 96.3 Å². The van der Waals surface area contributed by atoms with E-state index in [9.17, 15) is 5.11 Å². The van der Waals surface area contributed by atoms with Crippen molar-refractivity contribution in [2.75, 3.05) is 26.2 Å². The Bertz CT molecular complexity index is 421. The quantitative estimate of drug-likeness (QED) is 0.131. The highest BCUT2D eigenvalue weighted by molar-refractivity contribution is 5.60. The third-order valence-electron chi connectivity index (χ3n) is 6.75. The summed E-state index contributed by atoms with van der Waals surface area (Å²) in [5.41, 5.74) is 0. The van der Waals surface area contributed by atoms with E-state index in [1.54, 1.807) is 0 Å².